The van der Waals surface area contributed by atoms with Crippen LogP contribution in [0.5, 0.6) is 5.75 Å². The number of amides is 1. The van der Waals surface area contributed by atoms with Gasteiger partial charge in [-0.2, -0.15) is 0 Å². The number of aliphatic hydroxyl groups is 4. The molecule has 12 nitrogen and oxygen atoms in total. The molecule has 1 aromatic heterocycles. The van der Waals surface area contributed by atoms with Gasteiger partial charge < -0.3 is 44.9 Å². The summed E-state index contributed by atoms with van der Waals surface area (Å²) in [4.78, 5) is 38.1. The summed E-state index contributed by atoms with van der Waals surface area (Å²) in [6.45, 7) is 12.7. The van der Waals surface area contributed by atoms with Crippen LogP contribution in [0.1, 0.15) is 71.7 Å². The Morgan fingerprint density at radius 2 is 1.73 bits per heavy atom. The highest BCUT2D eigenvalue weighted by atomic mass is 16.6. The van der Waals surface area contributed by atoms with Gasteiger partial charge in [0.15, 0.2) is 11.6 Å². The number of ketones is 1. The van der Waals surface area contributed by atoms with E-state index in [0.29, 0.717) is 6.42 Å². The Kier molecular flexibility index (Phi) is 19.0. The Balaban J connectivity index is 1.96. The second-order valence-corrected chi connectivity index (χ2v) is 14.7. The highest BCUT2D eigenvalue weighted by molar-refractivity contribution is 6.09. The number of allylic oxidation sites excluding steroid dienone is 12. The second kappa shape index (κ2) is 22.3. The van der Waals surface area contributed by atoms with Gasteiger partial charge in [0.2, 0.25) is 5.91 Å². The molecule has 0 bridgehead atoms. The fraction of sp³-hybridized carbons (Fsp3) is 0.477. The highest BCUT2D eigenvalue weighted by Crippen LogP contribution is 2.44. The molecule has 1 aliphatic rings. The summed E-state index contributed by atoms with van der Waals surface area (Å²) >= 11 is 0. The lowest BCUT2D eigenvalue weighted by molar-refractivity contribution is -0.314. The van der Waals surface area contributed by atoms with Gasteiger partial charge in [-0.3, -0.25) is 14.4 Å². The van der Waals surface area contributed by atoms with Gasteiger partial charge in [-0.05, 0) is 44.4 Å². The van der Waals surface area contributed by atoms with Crippen molar-refractivity contribution in [3.05, 3.63) is 124 Å². The van der Waals surface area contributed by atoms with E-state index in [1.807, 2.05) is 39.8 Å². The minimum Gasteiger partial charge on any atom is -0.507 e. The first-order chi connectivity index (χ1) is 26.4. The van der Waals surface area contributed by atoms with Crippen LogP contribution in [-0.2, 0) is 21.3 Å². The number of hydrogen-bond acceptors (Lipinski definition) is 10. The highest BCUT2D eigenvalue weighted by Gasteiger charge is 2.54. The molecule has 0 aromatic carbocycles. The number of aliphatic hydroxyl groups excluding tert-OH is 3. The van der Waals surface area contributed by atoms with Crippen LogP contribution in [-0.4, -0.2) is 91.8 Å². The Bertz CT molecular complexity index is 1780. The van der Waals surface area contributed by atoms with Crippen molar-refractivity contribution in [2.24, 2.45) is 24.3 Å². The van der Waals surface area contributed by atoms with Crippen LogP contribution in [0.2, 0.25) is 0 Å². The lowest BCUT2D eigenvalue weighted by atomic mass is 9.72. The SMILES string of the molecule is C/C=C/C=C/C1OC(O)(C(CC)C(=O)NC/C=C/C=C(\C)C(OC)C(C)C(O)C(O)/C=C/C=C/C=C/C=C(\C)C(=O)c2c(O)ccn(C)c2=O)CC(O)C1(C)C. The summed E-state index contributed by atoms with van der Waals surface area (Å²) in [6.07, 6.45) is 20.8. The monoisotopic (exact) mass is 778 g/mol. The third kappa shape index (κ3) is 12.8. The van der Waals surface area contributed by atoms with E-state index in [-0.39, 0.29) is 29.9 Å². The summed E-state index contributed by atoms with van der Waals surface area (Å²) in [7, 11) is 3.01. The minimum atomic E-state index is -1.85. The van der Waals surface area contributed by atoms with Crippen LogP contribution < -0.4 is 10.9 Å². The zero-order valence-electron chi connectivity index (χ0n) is 34.1. The number of pyridine rings is 1. The number of methoxy groups -OCH3 is 1. The van der Waals surface area contributed by atoms with E-state index in [2.05, 4.69) is 5.32 Å². The molecular formula is C44H62N2O10. The van der Waals surface area contributed by atoms with E-state index in [1.54, 1.807) is 81.5 Å². The van der Waals surface area contributed by atoms with E-state index in [9.17, 15) is 39.9 Å². The second-order valence-electron chi connectivity index (χ2n) is 14.7. The average Bonchev–Trinajstić information content (AvgIpc) is 3.14. The number of Topliss-reactive ketones (excluding diaryl/α,β-unsaturated/α-hetero) is 1. The van der Waals surface area contributed by atoms with Crippen LogP contribution in [0.15, 0.2) is 113 Å². The van der Waals surface area contributed by atoms with Gasteiger partial charge in [0, 0.05) is 44.7 Å². The lowest BCUT2D eigenvalue weighted by Crippen LogP contribution is -2.60. The molecule has 2 rings (SSSR count). The van der Waals surface area contributed by atoms with Crippen LogP contribution in [0.3, 0.4) is 0 Å². The summed E-state index contributed by atoms with van der Waals surface area (Å²) in [5.41, 5.74) is -0.516. The molecule has 56 heavy (non-hydrogen) atoms. The van der Waals surface area contributed by atoms with Crippen LogP contribution >= 0.6 is 0 Å². The van der Waals surface area contributed by atoms with Crippen molar-refractivity contribution in [1.82, 2.24) is 9.88 Å². The Morgan fingerprint density at radius 1 is 1.07 bits per heavy atom. The van der Waals surface area contributed by atoms with Crippen molar-refractivity contribution in [1.29, 1.82) is 0 Å². The standard InChI is InChI=1S/C44H62N2O10/c1-10-12-16-24-36-43(6,7)35(49)28-44(54,56-36)32(11-2)41(52)45-26-20-19-22-30(4)40(55-9)31(5)39(51)34(48)23-18-15-13-14-17-21-29(3)38(50)37-33(47)25-27-46(8)42(37)53/h10,12-25,27,31-32,34-36,39-40,47-49,51,54H,11,26,28H2,1-9H3,(H,45,52)/b12-10+,15-13+,17-14+,20-19+,23-18+,24-16+,29-21+,30-22+. The molecule has 12 heteroatoms. The maximum Gasteiger partial charge on any atom is 0.265 e. The van der Waals surface area contributed by atoms with Gasteiger partial charge in [-0.15, -0.1) is 0 Å². The maximum atomic E-state index is 13.2. The molecule has 8 unspecified atom stereocenters. The molecule has 8 atom stereocenters. The molecule has 308 valence electrons. The van der Waals surface area contributed by atoms with Gasteiger partial charge in [0.1, 0.15) is 11.3 Å². The zero-order valence-corrected chi connectivity index (χ0v) is 34.1. The number of ether oxygens (including phenoxy) is 2. The molecule has 0 saturated carbocycles. The van der Waals surface area contributed by atoms with Crippen molar-refractivity contribution in [2.45, 2.75) is 97.6 Å². The number of aryl methyl sites for hydroxylation is 1. The largest absolute Gasteiger partial charge is 0.507 e. The fourth-order valence-electron chi connectivity index (χ4n) is 6.41. The van der Waals surface area contributed by atoms with Crippen LogP contribution in [0.25, 0.3) is 0 Å². The number of aromatic hydroxyl groups is 1. The summed E-state index contributed by atoms with van der Waals surface area (Å²) in [5, 5.41) is 56.8. The smallest absolute Gasteiger partial charge is 0.265 e. The third-order valence-corrected chi connectivity index (χ3v) is 10.2. The van der Waals surface area contributed by atoms with Crippen LogP contribution in [0, 0.1) is 17.3 Å². The Morgan fingerprint density at radius 3 is 2.38 bits per heavy atom. The van der Waals surface area contributed by atoms with Gasteiger partial charge in [-0.25, -0.2) is 0 Å². The molecule has 1 aliphatic heterocycles. The zero-order chi connectivity index (χ0) is 42.2. The molecule has 1 saturated heterocycles. The summed E-state index contributed by atoms with van der Waals surface area (Å²) < 4.78 is 13.0. The van der Waals surface area contributed by atoms with Gasteiger partial charge in [0.05, 0.1) is 36.4 Å². The first-order valence-corrected chi connectivity index (χ1v) is 18.9. The van der Waals surface area contributed by atoms with E-state index in [0.717, 1.165) is 5.57 Å². The van der Waals surface area contributed by atoms with Crippen molar-refractivity contribution in [3.63, 3.8) is 0 Å². The van der Waals surface area contributed by atoms with Gasteiger partial charge in [0.25, 0.3) is 5.56 Å². The topological polar surface area (TPSA) is 188 Å². The molecule has 0 aliphatic carbocycles. The minimum absolute atomic E-state index is 0.102. The van der Waals surface area contributed by atoms with Crippen molar-refractivity contribution in [2.75, 3.05) is 13.7 Å². The first-order valence-electron chi connectivity index (χ1n) is 18.9. The van der Waals surface area contributed by atoms with Crippen molar-refractivity contribution in [3.8, 4) is 5.75 Å². The first kappa shape index (κ1) is 47.7. The molecule has 1 aromatic rings. The number of carbonyl (C=O) groups is 2. The van der Waals surface area contributed by atoms with Crippen molar-refractivity contribution < 1.29 is 44.6 Å². The summed E-state index contributed by atoms with van der Waals surface area (Å²) in [5.74, 6) is -4.63. The molecule has 1 fully saturated rings. The molecule has 0 spiro atoms. The van der Waals surface area contributed by atoms with Gasteiger partial charge >= 0.3 is 0 Å². The third-order valence-electron chi connectivity index (χ3n) is 10.2. The van der Waals surface area contributed by atoms with E-state index in [4.69, 9.17) is 9.47 Å². The van der Waals surface area contributed by atoms with Crippen LogP contribution in [0.4, 0.5) is 0 Å². The van der Waals surface area contributed by atoms with E-state index >= 15 is 0 Å². The molecular weight excluding hydrogens is 716 g/mol. The fourth-order valence-corrected chi connectivity index (χ4v) is 6.41. The summed E-state index contributed by atoms with van der Waals surface area (Å²) in [6, 6.07) is 1.29. The molecule has 2 heterocycles. The quantitative estimate of drug-likeness (QED) is 0.0641. The number of aromatic nitrogens is 1. The molecule has 6 N–H and O–H groups in total. The van der Waals surface area contributed by atoms with E-state index in [1.165, 1.54) is 43.1 Å². The predicted molar refractivity (Wildman–Crippen MR) is 219 cm³/mol. The van der Waals surface area contributed by atoms with E-state index < -0.39 is 70.8 Å². The Hall–Kier alpha value is -4.43. The predicted octanol–water partition coefficient (Wildman–Crippen LogP) is 4.90. The number of rotatable bonds is 19. The Labute approximate surface area is 331 Å². The van der Waals surface area contributed by atoms with Crippen molar-refractivity contribution >= 4 is 11.7 Å². The van der Waals surface area contributed by atoms with Gasteiger partial charge in [-0.1, -0.05) is 113 Å². The number of nitrogens with zero attached hydrogens (tertiary/aromatic N) is 1. The lowest BCUT2D eigenvalue weighted by Gasteiger charge is -2.50. The number of nitrogens with one attached hydrogen (secondary N) is 1. The average molecular weight is 779 g/mol. The number of hydrogen-bond donors (Lipinski definition) is 6. The maximum absolute atomic E-state index is 13.2. The molecule has 0 radical (unpaired) electrons. The molecule has 1 amide bonds. The normalized spacial score (nSPS) is 23.8. The number of carbonyl (C=O) groups excluding carboxylic acids is 2.